The van der Waals surface area contributed by atoms with Crippen LogP contribution in [0, 0.1) is 0 Å². The lowest BCUT2D eigenvalue weighted by atomic mass is 9.95. The Hall–Kier alpha value is -2.19. The van der Waals surface area contributed by atoms with Gasteiger partial charge >= 0.3 is 6.18 Å². The molecular weight excluding hydrogens is 321 g/mol. The second-order valence-electron chi connectivity index (χ2n) is 4.36. The summed E-state index contributed by atoms with van der Waals surface area (Å²) in [5.74, 6) is 0. The summed E-state index contributed by atoms with van der Waals surface area (Å²) in [6.45, 7) is 0. The lowest BCUT2D eigenvalue weighted by molar-refractivity contribution is -0.137. The quantitative estimate of drug-likeness (QED) is 0.691. The molecule has 0 aromatic heterocycles. The average molecular weight is 330 g/mol. The summed E-state index contributed by atoms with van der Waals surface area (Å²) in [4.78, 5) is 9.97. The van der Waals surface area contributed by atoms with Crippen molar-refractivity contribution >= 4 is 16.4 Å². The average Bonchev–Trinajstić information content (AvgIpc) is 2.44. The molecule has 8 heteroatoms. The summed E-state index contributed by atoms with van der Waals surface area (Å²) in [5, 5.41) is 0. The van der Waals surface area contributed by atoms with Crippen molar-refractivity contribution in [3.05, 3.63) is 53.6 Å². The lowest BCUT2D eigenvalue weighted by Crippen LogP contribution is -2.15. The van der Waals surface area contributed by atoms with Crippen molar-refractivity contribution in [2.24, 2.45) is 0 Å². The summed E-state index contributed by atoms with van der Waals surface area (Å²) in [7, 11) is -4.96. The van der Waals surface area contributed by atoms with Crippen LogP contribution >= 0.6 is 0 Å². The number of rotatable bonds is 3. The van der Waals surface area contributed by atoms with Crippen molar-refractivity contribution in [2.45, 2.75) is 11.1 Å². The van der Waals surface area contributed by atoms with Crippen molar-refractivity contribution in [3.8, 4) is 11.1 Å². The molecule has 2 rings (SSSR count). The second kappa shape index (κ2) is 5.54. The molecule has 0 amide bonds. The molecule has 0 aliphatic heterocycles. The highest BCUT2D eigenvalue weighted by molar-refractivity contribution is 7.86. The van der Waals surface area contributed by atoms with E-state index in [0.717, 1.165) is 12.1 Å². The van der Waals surface area contributed by atoms with Gasteiger partial charge in [0.15, 0.2) is 6.29 Å². The van der Waals surface area contributed by atoms with Crippen LogP contribution in [0.4, 0.5) is 13.2 Å². The Morgan fingerprint density at radius 2 is 1.59 bits per heavy atom. The Morgan fingerprint density at radius 3 is 2.05 bits per heavy atom. The maximum Gasteiger partial charge on any atom is 0.417 e. The number of hydrogen-bond donors (Lipinski definition) is 1. The van der Waals surface area contributed by atoms with Crippen LogP contribution in [0.5, 0.6) is 0 Å². The summed E-state index contributed by atoms with van der Waals surface area (Å²) < 4.78 is 71.3. The van der Waals surface area contributed by atoms with Crippen LogP contribution in [0.2, 0.25) is 0 Å². The third-order valence-corrected chi connectivity index (χ3v) is 3.88. The van der Waals surface area contributed by atoms with Crippen LogP contribution < -0.4 is 0 Å². The summed E-state index contributed by atoms with van der Waals surface area (Å²) >= 11 is 0. The zero-order chi connectivity index (χ0) is 16.5. The van der Waals surface area contributed by atoms with Crippen LogP contribution in [0.15, 0.2) is 47.4 Å². The molecule has 0 fully saturated rings. The van der Waals surface area contributed by atoms with Gasteiger partial charge in [-0.2, -0.15) is 21.6 Å². The number of halogens is 3. The summed E-state index contributed by atoms with van der Waals surface area (Å²) in [6.07, 6.45) is -5.19. The Morgan fingerprint density at radius 1 is 1.00 bits per heavy atom. The maximum atomic E-state index is 13.3. The van der Waals surface area contributed by atoms with Gasteiger partial charge in [0.2, 0.25) is 0 Å². The molecule has 0 saturated heterocycles. The first-order chi connectivity index (χ1) is 10.2. The van der Waals surface area contributed by atoms with Crippen LogP contribution in [0.3, 0.4) is 0 Å². The van der Waals surface area contributed by atoms with E-state index in [2.05, 4.69) is 0 Å². The topological polar surface area (TPSA) is 71.4 Å². The minimum absolute atomic E-state index is 0.166. The van der Waals surface area contributed by atoms with E-state index in [1.165, 1.54) is 24.3 Å². The van der Waals surface area contributed by atoms with E-state index in [-0.39, 0.29) is 17.4 Å². The molecule has 0 saturated carbocycles. The fourth-order valence-electron chi connectivity index (χ4n) is 2.11. The molecule has 0 aliphatic rings. The van der Waals surface area contributed by atoms with E-state index in [0.29, 0.717) is 0 Å². The summed E-state index contributed by atoms with van der Waals surface area (Å²) in [5.41, 5.74) is -2.69. The van der Waals surface area contributed by atoms with Gasteiger partial charge in [0.05, 0.1) is 5.56 Å². The number of alkyl halides is 3. The second-order valence-corrected chi connectivity index (χ2v) is 5.75. The zero-order valence-corrected chi connectivity index (χ0v) is 11.6. The summed E-state index contributed by atoms with van der Waals surface area (Å²) in [6, 6.07) is 9.09. The van der Waals surface area contributed by atoms with Gasteiger partial charge in [-0.15, -0.1) is 0 Å². The van der Waals surface area contributed by atoms with E-state index in [9.17, 15) is 26.4 Å². The van der Waals surface area contributed by atoms with E-state index in [1.54, 1.807) is 6.07 Å². The van der Waals surface area contributed by atoms with Gasteiger partial charge in [0.1, 0.15) is 4.90 Å². The molecular formula is C14H9F3O4S. The highest BCUT2D eigenvalue weighted by Crippen LogP contribution is 2.40. The Labute approximate surface area is 124 Å². The predicted molar refractivity (Wildman–Crippen MR) is 72.1 cm³/mol. The number of benzene rings is 2. The Balaban J connectivity index is 2.91. The molecule has 0 radical (unpaired) electrons. The van der Waals surface area contributed by atoms with Gasteiger partial charge in [-0.05, 0) is 17.2 Å². The molecule has 0 unspecified atom stereocenters. The first-order valence-corrected chi connectivity index (χ1v) is 7.32. The molecule has 2 aromatic rings. The van der Waals surface area contributed by atoms with E-state index in [4.69, 9.17) is 4.55 Å². The Kier molecular flexibility index (Phi) is 4.08. The largest absolute Gasteiger partial charge is 0.417 e. The fraction of sp³-hybridized carbons (Fsp3) is 0.0714. The number of carbonyl (C=O) groups is 1. The highest BCUT2D eigenvalue weighted by Gasteiger charge is 2.39. The standard InChI is InChI=1S/C14H9F3O4S/c15-14(16,17)13-10(9-4-2-1-3-5-9)6-7-12(11(13)8-18)22(19,20)21/h1-8H,(H,19,20,21). The number of aldehydes is 1. The smallest absolute Gasteiger partial charge is 0.298 e. The van der Waals surface area contributed by atoms with Crippen molar-refractivity contribution < 1.29 is 30.9 Å². The van der Waals surface area contributed by atoms with Crippen LogP contribution in [0.25, 0.3) is 11.1 Å². The van der Waals surface area contributed by atoms with E-state index in [1.807, 2.05) is 0 Å². The molecule has 2 aromatic carbocycles. The van der Waals surface area contributed by atoms with Gasteiger partial charge in [-0.3, -0.25) is 9.35 Å². The monoisotopic (exact) mass is 330 g/mol. The first-order valence-electron chi connectivity index (χ1n) is 5.88. The third kappa shape index (κ3) is 3.02. The molecule has 0 heterocycles. The van der Waals surface area contributed by atoms with Crippen molar-refractivity contribution in [2.75, 3.05) is 0 Å². The first kappa shape index (κ1) is 16.2. The van der Waals surface area contributed by atoms with Gasteiger partial charge < -0.3 is 0 Å². The predicted octanol–water partition coefficient (Wildman–Crippen LogP) is 3.43. The normalized spacial score (nSPS) is 12.2. The minimum atomic E-state index is -4.97. The molecule has 22 heavy (non-hydrogen) atoms. The van der Waals surface area contributed by atoms with Gasteiger partial charge in [-0.25, -0.2) is 0 Å². The van der Waals surface area contributed by atoms with Crippen molar-refractivity contribution in [1.29, 1.82) is 0 Å². The zero-order valence-electron chi connectivity index (χ0n) is 10.8. The minimum Gasteiger partial charge on any atom is -0.298 e. The fourth-order valence-corrected chi connectivity index (χ4v) is 2.77. The third-order valence-electron chi connectivity index (χ3n) is 2.97. The maximum absolute atomic E-state index is 13.3. The van der Waals surface area contributed by atoms with Gasteiger partial charge in [0, 0.05) is 5.56 Å². The SMILES string of the molecule is O=Cc1c(S(=O)(=O)O)ccc(-c2ccccc2)c1C(F)(F)F. The lowest BCUT2D eigenvalue weighted by Gasteiger charge is -2.17. The molecule has 116 valence electrons. The molecule has 0 atom stereocenters. The van der Waals surface area contributed by atoms with Crippen LogP contribution in [-0.4, -0.2) is 19.3 Å². The molecule has 0 spiro atoms. The number of hydrogen-bond acceptors (Lipinski definition) is 3. The van der Waals surface area contributed by atoms with Gasteiger partial charge in [0.25, 0.3) is 10.1 Å². The number of carbonyl (C=O) groups excluding carboxylic acids is 1. The van der Waals surface area contributed by atoms with Crippen molar-refractivity contribution in [3.63, 3.8) is 0 Å². The molecule has 0 aliphatic carbocycles. The van der Waals surface area contributed by atoms with Crippen LogP contribution in [-0.2, 0) is 16.3 Å². The van der Waals surface area contributed by atoms with Crippen LogP contribution in [0.1, 0.15) is 15.9 Å². The van der Waals surface area contributed by atoms with E-state index >= 15 is 0 Å². The molecule has 4 nitrogen and oxygen atoms in total. The molecule has 0 bridgehead atoms. The highest BCUT2D eigenvalue weighted by atomic mass is 32.2. The van der Waals surface area contributed by atoms with Gasteiger partial charge in [-0.1, -0.05) is 36.4 Å². The van der Waals surface area contributed by atoms with E-state index < -0.39 is 32.3 Å². The Bertz CT molecular complexity index is 812. The molecule has 1 N–H and O–H groups in total. The van der Waals surface area contributed by atoms with Crippen molar-refractivity contribution in [1.82, 2.24) is 0 Å².